The average molecular weight is 482 g/mol. The van der Waals surface area contributed by atoms with Gasteiger partial charge in [0.05, 0.1) is 37.6 Å². The van der Waals surface area contributed by atoms with E-state index in [-0.39, 0.29) is 17.7 Å². The molecule has 1 N–H and O–H groups in total. The van der Waals surface area contributed by atoms with Gasteiger partial charge in [-0.25, -0.2) is 0 Å². The van der Waals surface area contributed by atoms with Crippen molar-refractivity contribution in [2.75, 3.05) is 45.9 Å². The second kappa shape index (κ2) is 10.8. The molecular formula is C26H31N3O6. The van der Waals surface area contributed by atoms with Gasteiger partial charge in [-0.15, -0.1) is 0 Å². The maximum absolute atomic E-state index is 13.7. The van der Waals surface area contributed by atoms with Gasteiger partial charge in [-0.3, -0.25) is 19.3 Å². The van der Waals surface area contributed by atoms with E-state index < -0.39 is 6.17 Å². The van der Waals surface area contributed by atoms with E-state index in [0.29, 0.717) is 72.8 Å². The normalized spacial score (nSPS) is 16.0. The molecule has 0 aliphatic carbocycles. The van der Waals surface area contributed by atoms with Crippen LogP contribution < -0.4 is 19.7 Å². The maximum Gasteiger partial charge on any atom is 0.264 e. The number of carbonyl (C=O) groups is 3. The third-order valence-corrected chi connectivity index (χ3v) is 6.41. The first-order valence-corrected chi connectivity index (χ1v) is 11.8. The summed E-state index contributed by atoms with van der Waals surface area (Å²) in [5.74, 6) is 0.490. The fourth-order valence-electron chi connectivity index (χ4n) is 4.78. The highest BCUT2D eigenvalue weighted by molar-refractivity contribution is 6.18. The molecule has 2 aromatic carbocycles. The summed E-state index contributed by atoms with van der Waals surface area (Å²) in [4.78, 5) is 42.5. The number of hydrogen-bond acceptors (Lipinski definition) is 6. The van der Waals surface area contributed by atoms with Crippen LogP contribution in [0.15, 0.2) is 36.4 Å². The number of amides is 3. The van der Waals surface area contributed by atoms with Gasteiger partial charge in [-0.1, -0.05) is 24.6 Å². The smallest absolute Gasteiger partial charge is 0.264 e. The molecule has 4 rings (SSSR count). The molecule has 2 aromatic rings. The molecule has 0 aromatic heterocycles. The van der Waals surface area contributed by atoms with Crippen LogP contribution in [0.4, 0.5) is 5.69 Å². The molecule has 0 fully saturated rings. The van der Waals surface area contributed by atoms with Crippen LogP contribution in [0.25, 0.3) is 0 Å². The van der Waals surface area contributed by atoms with Crippen molar-refractivity contribution in [2.24, 2.45) is 0 Å². The van der Waals surface area contributed by atoms with Gasteiger partial charge in [0.15, 0.2) is 11.5 Å². The first kappa shape index (κ1) is 24.5. The number of para-hydroxylation sites is 1. The minimum Gasteiger partial charge on any atom is -0.493 e. The van der Waals surface area contributed by atoms with E-state index in [1.165, 1.54) is 14.2 Å². The van der Waals surface area contributed by atoms with Gasteiger partial charge in [0.25, 0.3) is 11.8 Å². The molecule has 2 aliphatic rings. The summed E-state index contributed by atoms with van der Waals surface area (Å²) >= 11 is 0. The Morgan fingerprint density at radius 2 is 1.77 bits per heavy atom. The van der Waals surface area contributed by atoms with Gasteiger partial charge in [0.2, 0.25) is 5.91 Å². The fourth-order valence-corrected chi connectivity index (χ4v) is 4.78. The number of nitrogens with zero attached hydrogens (tertiary/aromatic N) is 2. The topological polar surface area (TPSA) is 97.4 Å². The monoisotopic (exact) mass is 481 g/mol. The number of methoxy groups -OCH3 is 3. The molecule has 2 aliphatic heterocycles. The summed E-state index contributed by atoms with van der Waals surface area (Å²) < 4.78 is 15.9. The van der Waals surface area contributed by atoms with Gasteiger partial charge in [-0.05, 0) is 31.0 Å². The standard InChI is InChI=1S/C26H31N3O6/c1-33-16-14-27-21(30)11-5-4-8-15-28-24-18-12-13-20(34-2)23(35-3)22(18)26(32)29(24)19-10-7-6-9-17(19)25(28)31/h6-7,9-10,12-13,24H,4-5,8,11,14-16H2,1-3H3,(H,27,30)/t24-/m0/s1. The molecule has 0 spiro atoms. The second-order valence-electron chi connectivity index (χ2n) is 8.48. The minimum atomic E-state index is -0.558. The fraction of sp³-hybridized carbons (Fsp3) is 0.423. The maximum atomic E-state index is 13.7. The number of hydrogen-bond donors (Lipinski definition) is 1. The van der Waals surface area contributed by atoms with Crippen LogP contribution >= 0.6 is 0 Å². The first-order valence-electron chi connectivity index (χ1n) is 11.8. The number of benzene rings is 2. The van der Waals surface area contributed by atoms with Crippen molar-refractivity contribution >= 4 is 23.4 Å². The van der Waals surface area contributed by atoms with Gasteiger partial charge in [0, 0.05) is 32.2 Å². The Hall–Kier alpha value is -3.59. The van der Waals surface area contributed by atoms with Crippen molar-refractivity contribution in [3.63, 3.8) is 0 Å². The van der Waals surface area contributed by atoms with E-state index in [4.69, 9.17) is 14.2 Å². The minimum absolute atomic E-state index is 0.00689. The Kier molecular flexibility index (Phi) is 7.55. The number of rotatable bonds is 11. The van der Waals surface area contributed by atoms with E-state index in [0.717, 1.165) is 6.42 Å². The largest absolute Gasteiger partial charge is 0.493 e. The predicted octanol–water partition coefficient (Wildman–Crippen LogP) is 3.14. The molecule has 9 nitrogen and oxygen atoms in total. The summed E-state index contributed by atoms with van der Waals surface area (Å²) in [6, 6.07) is 10.8. The number of carbonyl (C=O) groups excluding carboxylic acids is 3. The summed E-state index contributed by atoms with van der Waals surface area (Å²) in [5.41, 5.74) is 2.22. The van der Waals surface area contributed by atoms with Crippen molar-refractivity contribution in [3.05, 3.63) is 53.1 Å². The highest BCUT2D eigenvalue weighted by Gasteiger charge is 2.49. The molecule has 0 radical (unpaired) electrons. The summed E-state index contributed by atoms with van der Waals surface area (Å²) in [6.45, 7) is 1.44. The lowest BCUT2D eigenvalue weighted by atomic mass is 10.0. The Morgan fingerprint density at radius 3 is 2.51 bits per heavy atom. The number of nitrogens with one attached hydrogen (secondary N) is 1. The number of ether oxygens (including phenoxy) is 3. The average Bonchev–Trinajstić information content (AvgIpc) is 3.17. The highest BCUT2D eigenvalue weighted by atomic mass is 16.5. The molecule has 186 valence electrons. The molecule has 0 saturated heterocycles. The summed E-state index contributed by atoms with van der Waals surface area (Å²) in [6.07, 6.45) is 2.07. The lowest BCUT2D eigenvalue weighted by Crippen LogP contribution is -2.48. The Morgan fingerprint density at radius 1 is 0.971 bits per heavy atom. The van der Waals surface area contributed by atoms with Crippen molar-refractivity contribution in [3.8, 4) is 11.5 Å². The first-order chi connectivity index (χ1) is 17.0. The molecular weight excluding hydrogens is 450 g/mol. The number of fused-ring (bicyclic) bond motifs is 5. The third-order valence-electron chi connectivity index (χ3n) is 6.41. The zero-order valence-corrected chi connectivity index (χ0v) is 20.3. The number of unbranched alkanes of at least 4 members (excludes halogenated alkanes) is 2. The molecule has 2 heterocycles. The molecule has 0 unspecified atom stereocenters. The summed E-state index contributed by atoms with van der Waals surface area (Å²) in [5, 5.41) is 2.81. The van der Waals surface area contributed by atoms with E-state index >= 15 is 0 Å². The van der Waals surface area contributed by atoms with Crippen molar-refractivity contribution in [2.45, 2.75) is 31.8 Å². The van der Waals surface area contributed by atoms with Crippen LogP contribution in [0.2, 0.25) is 0 Å². The third kappa shape index (κ3) is 4.55. The zero-order valence-electron chi connectivity index (χ0n) is 20.3. The van der Waals surface area contributed by atoms with Crippen molar-refractivity contribution in [1.82, 2.24) is 10.2 Å². The van der Waals surface area contributed by atoms with Crippen LogP contribution in [0.5, 0.6) is 11.5 Å². The molecule has 3 amide bonds. The van der Waals surface area contributed by atoms with E-state index in [1.54, 1.807) is 41.2 Å². The molecule has 1 atom stereocenters. The van der Waals surface area contributed by atoms with Crippen molar-refractivity contribution in [1.29, 1.82) is 0 Å². The second-order valence-corrected chi connectivity index (χ2v) is 8.48. The van der Waals surface area contributed by atoms with Crippen molar-refractivity contribution < 1.29 is 28.6 Å². The van der Waals surface area contributed by atoms with E-state index in [2.05, 4.69) is 5.32 Å². The quantitative estimate of drug-likeness (QED) is 0.495. The Labute approximate surface area is 204 Å². The zero-order chi connectivity index (χ0) is 24.9. The molecule has 35 heavy (non-hydrogen) atoms. The Balaban J connectivity index is 1.55. The SMILES string of the molecule is COCCNC(=O)CCCCCN1C(=O)c2ccccc2N2C(=O)c3c(ccc(OC)c3OC)[C@@H]12. The van der Waals surface area contributed by atoms with Gasteiger partial charge < -0.3 is 24.4 Å². The lowest BCUT2D eigenvalue weighted by Gasteiger charge is -2.41. The summed E-state index contributed by atoms with van der Waals surface area (Å²) in [7, 11) is 4.63. The van der Waals surface area contributed by atoms with Gasteiger partial charge in [0.1, 0.15) is 6.17 Å². The van der Waals surface area contributed by atoms with Crippen LogP contribution in [0.3, 0.4) is 0 Å². The van der Waals surface area contributed by atoms with Crippen LogP contribution in [0, 0.1) is 0 Å². The highest BCUT2D eigenvalue weighted by Crippen LogP contribution is 2.49. The Bertz CT molecular complexity index is 1120. The van der Waals surface area contributed by atoms with Crippen LogP contribution in [-0.2, 0) is 9.53 Å². The van der Waals surface area contributed by atoms with E-state index in [1.807, 2.05) is 12.1 Å². The van der Waals surface area contributed by atoms with E-state index in [9.17, 15) is 14.4 Å². The molecule has 0 bridgehead atoms. The predicted molar refractivity (Wildman–Crippen MR) is 130 cm³/mol. The van der Waals surface area contributed by atoms with Gasteiger partial charge in [-0.2, -0.15) is 0 Å². The molecule has 9 heteroatoms. The number of anilines is 1. The van der Waals surface area contributed by atoms with Gasteiger partial charge >= 0.3 is 0 Å². The van der Waals surface area contributed by atoms with Crippen LogP contribution in [0.1, 0.15) is 58.1 Å². The van der Waals surface area contributed by atoms with Crippen LogP contribution in [-0.4, -0.2) is 63.6 Å². The molecule has 0 saturated carbocycles. The lowest BCUT2D eigenvalue weighted by molar-refractivity contribution is -0.121.